The summed E-state index contributed by atoms with van der Waals surface area (Å²) in [5, 5.41) is 27.2. The molecule has 33 heavy (non-hydrogen) atoms. The monoisotopic (exact) mass is 471 g/mol. The standard InChI is InChI=1S/C18H11N7S.C2HF3O2/c19-4-1-13(11-2-5-21-12(7-11)8-20)18-23-9-15(26-18)16-14-3-6-22-17(14)25-10-24-16;3-2(4,5)1(6)7/h2-3,5-7,9-10,13H,1H2,(H,22,24,25);(H,6,7). The summed E-state index contributed by atoms with van der Waals surface area (Å²) >= 11 is 1.49. The van der Waals surface area contributed by atoms with Crippen LogP contribution >= 0.6 is 11.3 Å². The summed E-state index contributed by atoms with van der Waals surface area (Å²) in [6.45, 7) is 0. The molecule has 0 aromatic carbocycles. The van der Waals surface area contributed by atoms with Crippen molar-refractivity contribution in [1.29, 1.82) is 10.5 Å². The van der Waals surface area contributed by atoms with Crippen molar-refractivity contribution in [3.05, 3.63) is 59.4 Å². The molecule has 0 aliphatic carbocycles. The Morgan fingerprint density at radius 3 is 2.64 bits per heavy atom. The van der Waals surface area contributed by atoms with Crippen LogP contribution in [0.4, 0.5) is 13.2 Å². The number of H-pyrrole nitrogens is 1. The van der Waals surface area contributed by atoms with Crippen molar-refractivity contribution >= 4 is 28.3 Å². The van der Waals surface area contributed by atoms with Crippen molar-refractivity contribution < 1.29 is 23.1 Å². The van der Waals surface area contributed by atoms with Crippen LogP contribution in [0.5, 0.6) is 0 Å². The molecule has 0 amide bonds. The third-order valence-electron chi connectivity index (χ3n) is 4.25. The third-order valence-corrected chi connectivity index (χ3v) is 5.37. The smallest absolute Gasteiger partial charge is 0.475 e. The van der Waals surface area contributed by atoms with Crippen LogP contribution in [0.3, 0.4) is 0 Å². The lowest BCUT2D eigenvalue weighted by Gasteiger charge is -2.10. The molecular weight excluding hydrogens is 459 g/mol. The number of aromatic amines is 1. The number of rotatable bonds is 4. The van der Waals surface area contributed by atoms with E-state index >= 15 is 0 Å². The van der Waals surface area contributed by atoms with Crippen molar-refractivity contribution in [2.24, 2.45) is 0 Å². The van der Waals surface area contributed by atoms with E-state index in [2.05, 4.69) is 31.0 Å². The van der Waals surface area contributed by atoms with E-state index < -0.39 is 12.1 Å². The van der Waals surface area contributed by atoms with Crippen LogP contribution in [-0.4, -0.2) is 42.2 Å². The number of aromatic nitrogens is 5. The zero-order chi connectivity index (χ0) is 24.0. The molecule has 0 fully saturated rings. The van der Waals surface area contributed by atoms with E-state index in [1.165, 1.54) is 17.7 Å². The zero-order valence-corrected chi connectivity index (χ0v) is 17.2. The number of fused-ring (bicyclic) bond motifs is 1. The first-order chi connectivity index (χ1) is 15.7. The number of pyridine rings is 1. The molecule has 0 radical (unpaired) electrons. The fraction of sp³-hybridized carbons (Fsp3) is 0.150. The predicted octanol–water partition coefficient (Wildman–Crippen LogP) is 4.03. The van der Waals surface area contributed by atoms with Gasteiger partial charge in [-0.2, -0.15) is 23.7 Å². The summed E-state index contributed by atoms with van der Waals surface area (Å²) in [6.07, 6.45) is 1.88. The van der Waals surface area contributed by atoms with Gasteiger partial charge in [-0.25, -0.2) is 24.7 Å². The van der Waals surface area contributed by atoms with Gasteiger partial charge in [-0.05, 0) is 23.8 Å². The number of nitrogens with one attached hydrogen (secondary N) is 1. The molecule has 0 aliphatic rings. The molecule has 4 aromatic heterocycles. The largest absolute Gasteiger partial charge is 0.490 e. The number of hydrogen-bond donors (Lipinski definition) is 2. The SMILES string of the molecule is N#CCC(c1ccnc(C#N)c1)c1ncc(-c2ncnc3[nH]ccc23)s1.O=C(O)C(F)(F)F. The van der Waals surface area contributed by atoms with Crippen LogP contribution in [0.2, 0.25) is 0 Å². The van der Waals surface area contributed by atoms with Gasteiger partial charge >= 0.3 is 12.1 Å². The maximum absolute atomic E-state index is 10.6. The van der Waals surface area contributed by atoms with Gasteiger partial charge in [-0.15, -0.1) is 11.3 Å². The van der Waals surface area contributed by atoms with Gasteiger partial charge in [0, 0.05) is 36.3 Å². The van der Waals surface area contributed by atoms with Crippen LogP contribution in [0, 0.1) is 22.7 Å². The Bertz CT molecular complexity index is 1370. The van der Waals surface area contributed by atoms with Gasteiger partial charge in [0.1, 0.15) is 28.7 Å². The minimum Gasteiger partial charge on any atom is -0.475 e. The Balaban J connectivity index is 0.000000383. The molecule has 0 spiro atoms. The number of alkyl halides is 3. The number of nitrogens with zero attached hydrogens (tertiary/aromatic N) is 6. The second kappa shape index (κ2) is 9.84. The van der Waals surface area contributed by atoms with E-state index in [0.29, 0.717) is 5.69 Å². The summed E-state index contributed by atoms with van der Waals surface area (Å²) in [5.41, 5.74) is 2.76. The van der Waals surface area contributed by atoms with Gasteiger partial charge in [0.2, 0.25) is 0 Å². The van der Waals surface area contributed by atoms with Crippen molar-refractivity contribution in [3.63, 3.8) is 0 Å². The lowest BCUT2D eigenvalue weighted by atomic mass is 9.97. The zero-order valence-electron chi connectivity index (χ0n) is 16.4. The Kier molecular flexibility index (Phi) is 6.95. The quantitative estimate of drug-likeness (QED) is 0.452. The van der Waals surface area contributed by atoms with Gasteiger partial charge < -0.3 is 10.1 Å². The van der Waals surface area contributed by atoms with E-state index in [0.717, 1.165) is 32.2 Å². The van der Waals surface area contributed by atoms with Gasteiger partial charge in [0.05, 0.1) is 16.6 Å². The van der Waals surface area contributed by atoms with E-state index in [1.54, 1.807) is 18.5 Å². The first-order valence-corrected chi connectivity index (χ1v) is 9.83. The molecule has 4 rings (SSSR count). The lowest BCUT2D eigenvalue weighted by molar-refractivity contribution is -0.192. The minimum atomic E-state index is -5.08. The molecule has 4 aromatic rings. The highest BCUT2D eigenvalue weighted by molar-refractivity contribution is 7.15. The molecule has 0 saturated heterocycles. The Morgan fingerprint density at radius 2 is 1.97 bits per heavy atom. The molecule has 0 aliphatic heterocycles. The van der Waals surface area contributed by atoms with Crippen molar-refractivity contribution in [2.45, 2.75) is 18.5 Å². The summed E-state index contributed by atoms with van der Waals surface area (Å²) in [5.74, 6) is -2.97. The number of carboxylic acids is 1. The third kappa shape index (κ3) is 5.47. The first kappa shape index (κ1) is 23.3. The number of halogens is 3. The average Bonchev–Trinajstić information content (AvgIpc) is 3.47. The maximum atomic E-state index is 10.6. The lowest BCUT2D eigenvalue weighted by Crippen LogP contribution is -2.21. The van der Waals surface area contributed by atoms with Crippen LogP contribution in [-0.2, 0) is 4.79 Å². The summed E-state index contributed by atoms with van der Waals surface area (Å²) in [7, 11) is 0. The van der Waals surface area contributed by atoms with Crippen LogP contribution in [0.25, 0.3) is 21.6 Å². The van der Waals surface area contributed by atoms with Crippen LogP contribution < -0.4 is 0 Å². The Morgan fingerprint density at radius 1 is 1.21 bits per heavy atom. The van der Waals surface area contributed by atoms with E-state index in [-0.39, 0.29) is 12.3 Å². The van der Waals surface area contributed by atoms with Gasteiger partial charge in [-0.1, -0.05) is 0 Å². The number of carbonyl (C=O) groups is 1. The summed E-state index contributed by atoms with van der Waals surface area (Å²) < 4.78 is 31.7. The minimum absolute atomic E-state index is 0.211. The number of nitriles is 2. The Labute approximate surface area is 187 Å². The second-order valence-corrected chi connectivity index (χ2v) is 7.39. The van der Waals surface area contributed by atoms with Gasteiger partial charge in [0.25, 0.3) is 0 Å². The van der Waals surface area contributed by atoms with Crippen molar-refractivity contribution in [2.75, 3.05) is 0 Å². The van der Waals surface area contributed by atoms with Crippen LogP contribution in [0.15, 0.2) is 43.1 Å². The average molecular weight is 471 g/mol. The molecule has 0 saturated carbocycles. The van der Waals surface area contributed by atoms with E-state index in [9.17, 15) is 18.4 Å². The highest BCUT2D eigenvalue weighted by Crippen LogP contribution is 2.36. The molecule has 0 bridgehead atoms. The van der Waals surface area contributed by atoms with E-state index in [1.807, 2.05) is 24.4 Å². The molecule has 2 N–H and O–H groups in total. The molecular formula is C20H12F3N7O2S. The van der Waals surface area contributed by atoms with E-state index in [4.69, 9.17) is 15.2 Å². The number of aliphatic carboxylic acids is 1. The topological polar surface area (TPSA) is 152 Å². The fourth-order valence-electron chi connectivity index (χ4n) is 2.79. The number of thiazole rings is 1. The number of carboxylic acid groups (broad SMARTS) is 1. The normalized spacial score (nSPS) is 11.7. The predicted molar refractivity (Wildman–Crippen MR) is 110 cm³/mol. The molecule has 9 nitrogen and oxygen atoms in total. The van der Waals surface area contributed by atoms with Gasteiger partial charge in [0.15, 0.2) is 0 Å². The second-order valence-electron chi connectivity index (χ2n) is 6.33. The maximum Gasteiger partial charge on any atom is 0.490 e. The highest BCUT2D eigenvalue weighted by atomic mass is 32.1. The van der Waals surface area contributed by atoms with Crippen molar-refractivity contribution in [1.82, 2.24) is 24.9 Å². The molecule has 13 heteroatoms. The Hall–Kier alpha value is -4.36. The first-order valence-electron chi connectivity index (χ1n) is 9.02. The van der Waals surface area contributed by atoms with Crippen LogP contribution in [0.1, 0.15) is 28.6 Å². The molecule has 1 atom stereocenters. The van der Waals surface area contributed by atoms with Gasteiger partial charge in [-0.3, -0.25) is 0 Å². The fourth-order valence-corrected chi connectivity index (χ4v) is 3.85. The summed E-state index contributed by atoms with van der Waals surface area (Å²) in [6, 6.07) is 9.70. The molecule has 1 unspecified atom stereocenters. The highest BCUT2D eigenvalue weighted by Gasteiger charge is 2.38. The molecule has 166 valence electrons. The number of hydrogen-bond acceptors (Lipinski definition) is 8. The summed E-state index contributed by atoms with van der Waals surface area (Å²) in [4.78, 5) is 30.0. The molecule has 4 heterocycles. The van der Waals surface area contributed by atoms with Crippen molar-refractivity contribution in [3.8, 4) is 22.7 Å².